The topological polar surface area (TPSA) is 37.3 Å². The second kappa shape index (κ2) is 3.26. The van der Waals surface area contributed by atoms with E-state index in [9.17, 15) is 4.79 Å². The Morgan fingerprint density at radius 1 is 1.50 bits per heavy atom. The molecule has 0 amide bonds. The van der Waals surface area contributed by atoms with Gasteiger partial charge in [0.05, 0.1) is 9.72 Å². The Hall–Kier alpha value is -1.06. The number of fused-ring (bicyclic) bond motifs is 1. The fourth-order valence-electron chi connectivity index (χ4n) is 1.41. The van der Waals surface area contributed by atoms with E-state index in [-0.39, 0.29) is 0 Å². The van der Waals surface area contributed by atoms with Gasteiger partial charge in [-0.25, -0.2) is 4.79 Å². The number of aromatic carboxylic acids is 1. The van der Waals surface area contributed by atoms with Crippen LogP contribution in [0.1, 0.15) is 15.2 Å². The van der Waals surface area contributed by atoms with Crippen LogP contribution in [0, 0.1) is 6.92 Å². The molecule has 1 N–H and O–H groups in total. The Morgan fingerprint density at radius 2 is 2.21 bits per heavy atom. The summed E-state index contributed by atoms with van der Waals surface area (Å²) >= 11 is 7.19. The Labute approximate surface area is 89.7 Å². The van der Waals surface area contributed by atoms with Crippen LogP contribution in [0.5, 0.6) is 0 Å². The summed E-state index contributed by atoms with van der Waals surface area (Å²) in [6.07, 6.45) is 0. The lowest BCUT2D eigenvalue weighted by molar-refractivity contribution is 0.0701. The lowest BCUT2D eigenvalue weighted by Gasteiger charge is -1.92. The molecule has 0 fully saturated rings. The minimum absolute atomic E-state index is 0.369. The van der Waals surface area contributed by atoms with Gasteiger partial charge in [0.2, 0.25) is 0 Å². The molecule has 2 rings (SSSR count). The van der Waals surface area contributed by atoms with Crippen molar-refractivity contribution < 1.29 is 9.90 Å². The van der Waals surface area contributed by atoms with Gasteiger partial charge in [-0.2, -0.15) is 0 Å². The van der Waals surface area contributed by atoms with Crippen molar-refractivity contribution in [3.05, 3.63) is 33.7 Å². The Kier molecular flexibility index (Phi) is 2.21. The summed E-state index contributed by atoms with van der Waals surface area (Å²) in [5, 5.41) is 10.5. The number of carbonyl (C=O) groups is 1. The van der Waals surface area contributed by atoms with Crippen LogP contribution < -0.4 is 0 Å². The molecule has 0 atom stereocenters. The molecule has 0 aliphatic rings. The fourth-order valence-corrected chi connectivity index (χ4v) is 2.75. The summed E-state index contributed by atoms with van der Waals surface area (Å²) in [6.45, 7) is 1.80. The average Bonchev–Trinajstić information content (AvgIpc) is 2.46. The standard InChI is InChI=1S/C10H7ClO2S/c1-5-6-3-2-4-7(11)9(6)14-8(5)10(12)13/h2-4H,1H3,(H,12,13). The summed E-state index contributed by atoms with van der Waals surface area (Å²) in [7, 11) is 0. The minimum Gasteiger partial charge on any atom is -0.477 e. The zero-order valence-electron chi connectivity index (χ0n) is 7.37. The molecule has 1 aromatic heterocycles. The molecular formula is C10H7ClO2S. The molecule has 0 aliphatic heterocycles. The van der Waals surface area contributed by atoms with Crippen LogP contribution in [0.4, 0.5) is 0 Å². The fraction of sp³-hybridized carbons (Fsp3) is 0.100. The van der Waals surface area contributed by atoms with Crippen LogP contribution in [-0.4, -0.2) is 11.1 Å². The summed E-state index contributed by atoms with van der Waals surface area (Å²) in [6, 6.07) is 5.49. The lowest BCUT2D eigenvalue weighted by atomic mass is 10.1. The highest BCUT2D eigenvalue weighted by Gasteiger charge is 2.15. The predicted molar refractivity (Wildman–Crippen MR) is 58.5 cm³/mol. The van der Waals surface area contributed by atoms with Gasteiger partial charge in [-0.3, -0.25) is 0 Å². The van der Waals surface area contributed by atoms with Gasteiger partial charge in [-0.15, -0.1) is 11.3 Å². The molecule has 0 bridgehead atoms. The van der Waals surface area contributed by atoms with Crippen molar-refractivity contribution in [2.45, 2.75) is 6.92 Å². The minimum atomic E-state index is -0.889. The van der Waals surface area contributed by atoms with Crippen LogP contribution in [0.25, 0.3) is 10.1 Å². The molecule has 0 aliphatic carbocycles. The van der Waals surface area contributed by atoms with Crippen molar-refractivity contribution in [1.29, 1.82) is 0 Å². The van der Waals surface area contributed by atoms with Gasteiger partial charge in [0.25, 0.3) is 0 Å². The molecule has 2 aromatic rings. The number of carboxylic acid groups (broad SMARTS) is 1. The highest BCUT2D eigenvalue weighted by molar-refractivity contribution is 7.21. The average molecular weight is 227 g/mol. The molecule has 72 valence electrons. The van der Waals surface area contributed by atoms with Crippen LogP contribution in [0.2, 0.25) is 5.02 Å². The second-order valence-electron chi connectivity index (χ2n) is 2.98. The highest BCUT2D eigenvalue weighted by atomic mass is 35.5. The smallest absolute Gasteiger partial charge is 0.346 e. The molecule has 0 spiro atoms. The van der Waals surface area contributed by atoms with E-state index in [2.05, 4.69) is 0 Å². The van der Waals surface area contributed by atoms with E-state index in [1.54, 1.807) is 13.0 Å². The monoisotopic (exact) mass is 226 g/mol. The highest BCUT2D eigenvalue weighted by Crippen LogP contribution is 2.35. The van der Waals surface area contributed by atoms with E-state index >= 15 is 0 Å². The number of hydrogen-bond donors (Lipinski definition) is 1. The number of thiophene rings is 1. The zero-order chi connectivity index (χ0) is 10.3. The van der Waals surface area contributed by atoms with Gasteiger partial charge in [-0.1, -0.05) is 23.7 Å². The number of hydrogen-bond acceptors (Lipinski definition) is 2. The van der Waals surface area contributed by atoms with Gasteiger partial charge in [0.15, 0.2) is 0 Å². The number of rotatable bonds is 1. The Morgan fingerprint density at radius 3 is 2.79 bits per heavy atom. The largest absolute Gasteiger partial charge is 0.477 e. The van der Waals surface area contributed by atoms with E-state index in [1.165, 1.54) is 11.3 Å². The van der Waals surface area contributed by atoms with Gasteiger partial charge >= 0.3 is 5.97 Å². The van der Waals surface area contributed by atoms with Crippen molar-refractivity contribution in [3.8, 4) is 0 Å². The third kappa shape index (κ3) is 1.29. The Bertz CT molecular complexity index is 516. The first-order valence-corrected chi connectivity index (χ1v) is 5.21. The number of halogens is 1. The first-order chi connectivity index (χ1) is 6.61. The third-order valence-electron chi connectivity index (χ3n) is 2.11. The van der Waals surface area contributed by atoms with Crippen molar-refractivity contribution in [2.75, 3.05) is 0 Å². The van der Waals surface area contributed by atoms with E-state index in [0.29, 0.717) is 9.90 Å². The van der Waals surface area contributed by atoms with Gasteiger partial charge in [-0.05, 0) is 23.9 Å². The first-order valence-electron chi connectivity index (χ1n) is 4.02. The van der Waals surface area contributed by atoms with Crippen molar-refractivity contribution in [3.63, 3.8) is 0 Å². The van der Waals surface area contributed by atoms with Gasteiger partial charge in [0.1, 0.15) is 4.88 Å². The summed E-state index contributed by atoms with van der Waals surface area (Å²) in [4.78, 5) is 11.2. The lowest BCUT2D eigenvalue weighted by Crippen LogP contribution is -1.93. The maximum absolute atomic E-state index is 10.9. The molecule has 2 nitrogen and oxygen atoms in total. The molecule has 4 heteroatoms. The van der Waals surface area contributed by atoms with Crippen LogP contribution in [0.15, 0.2) is 18.2 Å². The normalized spacial score (nSPS) is 10.7. The van der Waals surface area contributed by atoms with Crippen molar-refractivity contribution >= 4 is 39.0 Å². The second-order valence-corrected chi connectivity index (χ2v) is 4.41. The Balaban J connectivity index is 2.86. The molecule has 0 saturated carbocycles. The summed E-state index contributed by atoms with van der Waals surface area (Å²) < 4.78 is 0.851. The quantitative estimate of drug-likeness (QED) is 0.807. The maximum Gasteiger partial charge on any atom is 0.346 e. The SMILES string of the molecule is Cc1c(C(=O)O)sc2c(Cl)cccc12. The number of benzene rings is 1. The number of carboxylic acids is 1. The molecule has 0 saturated heterocycles. The van der Waals surface area contributed by atoms with Crippen LogP contribution in [0.3, 0.4) is 0 Å². The van der Waals surface area contributed by atoms with E-state index in [0.717, 1.165) is 15.6 Å². The molecule has 0 unspecified atom stereocenters. The van der Waals surface area contributed by atoms with Crippen LogP contribution >= 0.6 is 22.9 Å². The van der Waals surface area contributed by atoms with E-state index in [1.807, 2.05) is 12.1 Å². The van der Waals surface area contributed by atoms with Crippen LogP contribution in [-0.2, 0) is 0 Å². The van der Waals surface area contributed by atoms with Gasteiger partial charge < -0.3 is 5.11 Å². The molecule has 1 aromatic carbocycles. The molecule has 1 heterocycles. The van der Waals surface area contributed by atoms with E-state index in [4.69, 9.17) is 16.7 Å². The predicted octanol–water partition coefficient (Wildman–Crippen LogP) is 3.56. The summed E-state index contributed by atoms with van der Waals surface area (Å²) in [5.74, 6) is -0.889. The zero-order valence-corrected chi connectivity index (χ0v) is 8.95. The van der Waals surface area contributed by atoms with E-state index < -0.39 is 5.97 Å². The molecule has 14 heavy (non-hydrogen) atoms. The third-order valence-corrected chi connectivity index (χ3v) is 3.87. The molecule has 0 radical (unpaired) electrons. The number of aryl methyl sites for hydroxylation is 1. The van der Waals surface area contributed by atoms with Crippen molar-refractivity contribution in [1.82, 2.24) is 0 Å². The van der Waals surface area contributed by atoms with Crippen molar-refractivity contribution in [2.24, 2.45) is 0 Å². The van der Waals surface area contributed by atoms with Gasteiger partial charge in [0, 0.05) is 0 Å². The summed E-state index contributed by atoms with van der Waals surface area (Å²) in [5.41, 5.74) is 0.792. The maximum atomic E-state index is 10.9. The first kappa shape index (κ1) is 9.49. The molecular weight excluding hydrogens is 220 g/mol.